The van der Waals surface area contributed by atoms with Crippen molar-refractivity contribution in [3.8, 4) is 5.75 Å². The van der Waals surface area contributed by atoms with Gasteiger partial charge in [-0.3, -0.25) is 0 Å². The van der Waals surface area contributed by atoms with Gasteiger partial charge in [-0.25, -0.2) is 0 Å². The van der Waals surface area contributed by atoms with Crippen LogP contribution in [0.5, 0.6) is 5.75 Å². The van der Waals surface area contributed by atoms with Crippen LogP contribution in [0, 0.1) is 5.41 Å². The Hall–Kier alpha value is -1.06. The molecule has 1 aromatic rings. The fourth-order valence-corrected chi connectivity index (χ4v) is 3.07. The molecule has 1 saturated heterocycles. The second-order valence-electron chi connectivity index (χ2n) is 5.47. The van der Waals surface area contributed by atoms with E-state index in [1.54, 1.807) is 0 Å². The van der Waals surface area contributed by atoms with Crippen molar-refractivity contribution >= 4 is 0 Å². The lowest BCUT2D eigenvalue weighted by molar-refractivity contribution is -0.110. The summed E-state index contributed by atoms with van der Waals surface area (Å²) in [5.74, 6) is 0.912. The first kappa shape index (κ1) is 12.0. The van der Waals surface area contributed by atoms with Gasteiger partial charge < -0.3 is 14.6 Å². The third-order valence-electron chi connectivity index (χ3n) is 4.57. The van der Waals surface area contributed by atoms with Crippen LogP contribution >= 0.6 is 0 Å². The van der Waals surface area contributed by atoms with Crippen LogP contribution in [0.2, 0.25) is 0 Å². The van der Waals surface area contributed by atoms with Crippen molar-refractivity contribution in [2.24, 2.45) is 5.41 Å². The second-order valence-corrected chi connectivity index (χ2v) is 5.47. The molecule has 3 nitrogen and oxygen atoms in total. The third kappa shape index (κ3) is 1.57. The summed E-state index contributed by atoms with van der Waals surface area (Å²) in [4.78, 5) is 0. The Balaban J connectivity index is 1.94. The highest BCUT2D eigenvalue weighted by Gasteiger charge is 2.63. The van der Waals surface area contributed by atoms with E-state index in [9.17, 15) is 5.11 Å². The molecule has 0 radical (unpaired) electrons. The zero-order valence-corrected chi connectivity index (χ0v) is 10.8. The molecule has 1 aliphatic heterocycles. The third-order valence-corrected chi connectivity index (χ3v) is 4.57. The van der Waals surface area contributed by atoms with E-state index in [-0.39, 0.29) is 17.4 Å². The predicted molar refractivity (Wildman–Crippen MR) is 68.9 cm³/mol. The van der Waals surface area contributed by atoms with Crippen LogP contribution in [0.1, 0.15) is 25.3 Å². The summed E-state index contributed by atoms with van der Waals surface area (Å²) < 4.78 is 11.0. The van der Waals surface area contributed by atoms with Gasteiger partial charge in [-0.05, 0) is 37.5 Å². The Morgan fingerprint density at radius 3 is 2.61 bits per heavy atom. The van der Waals surface area contributed by atoms with E-state index in [2.05, 4.69) is 12.1 Å². The summed E-state index contributed by atoms with van der Waals surface area (Å²) in [6.07, 6.45) is 2.21. The summed E-state index contributed by atoms with van der Waals surface area (Å²) in [5.41, 5.74) is 1.32. The molecule has 18 heavy (non-hydrogen) atoms. The lowest BCUT2D eigenvalue weighted by atomic mass is 9.66. The Labute approximate surface area is 108 Å². The molecule has 98 valence electrons. The normalized spacial score (nSPS) is 23.2. The Morgan fingerprint density at radius 2 is 2.11 bits per heavy atom. The molecule has 2 fully saturated rings. The van der Waals surface area contributed by atoms with Gasteiger partial charge in [0, 0.05) is 17.4 Å². The number of hydrogen-bond donors (Lipinski definition) is 1. The van der Waals surface area contributed by atoms with Gasteiger partial charge in [-0.1, -0.05) is 12.1 Å². The van der Waals surface area contributed by atoms with E-state index in [1.807, 2.05) is 19.1 Å². The molecule has 0 amide bonds. The fourth-order valence-electron chi connectivity index (χ4n) is 3.07. The van der Waals surface area contributed by atoms with Gasteiger partial charge >= 0.3 is 0 Å². The molecule has 2 aliphatic rings. The Bertz CT molecular complexity index is 433. The first-order valence-corrected chi connectivity index (χ1v) is 6.68. The molecular formula is C15H20O3. The highest BCUT2D eigenvalue weighted by molar-refractivity contribution is 5.39. The lowest BCUT2D eigenvalue weighted by Crippen LogP contribution is -2.54. The first-order chi connectivity index (χ1) is 8.76. The van der Waals surface area contributed by atoms with Gasteiger partial charge in [0.25, 0.3) is 0 Å². The average Bonchev–Trinajstić information content (AvgIpc) is 3.10. The largest absolute Gasteiger partial charge is 0.494 e. The number of ether oxygens (including phenoxy) is 2. The molecule has 1 aromatic carbocycles. The smallest absolute Gasteiger partial charge is 0.119 e. The first-order valence-electron chi connectivity index (χ1n) is 6.68. The molecule has 1 aliphatic carbocycles. The molecular weight excluding hydrogens is 228 g/mol. The summed E-state index contributed by atoms with van der Waals surface area (Å²) in [7, 11) is 0. The maximum atomic E-state index is 9.70. The van der Waals surface area contributed by atoms with Crippen molar-refractivity contribution in [1.82, 2.24) is 0 Å². The van der Waals surface area contributed by atoms with Gasteiger partial charge in [-0.2, -0.15) is 0 Å². The maximum Gasteiger partial charge on any atom is 0.119 e. The predicted octanol–water partition coefficient (Wildman–Crippen LogP) is 2.13. The molecule has 0 bridgehead atoms. The van der Waals surface area contributed by atoms with Crippen LogP contribution in [0.4, 0.5) is 0 Å². The van der Waals surface area contributed by atoms with Gasteiger partial charge in [0.1, 0.15) is 5.75 Å². The topological polar surface area (TPSA) is 38.7 Å². The Kier molecular flexibility index (Phi) is 2.83. The van der Waals surface area contributed by atoms with Crippen molar-refractivity contribution in [2.45, 2.75) is 25.2 Å². The van der Waals surface area contributed by atoms with Gasteiger partial charge in [-0.15, -0.1) is 0 Å². The van der Waals surface area contributed by atoms with Gasteiger partial charge in [0.2, 0.25) is 0 Å². The molecule has 0 unspecified atom stereocenters. The van der Waals surface area contributed by atoms with Crippen LogP contribution in [0.3, 0.4) is 0 Å². The van der Waals surface area contributed by atoms with Crippen molar-refractivity contribution in [3.63, 3.8) is 0 Å². The van der Waals surface area contributed by atoms with E-state index in [4.69, 9.17) is 9.47 Å². The number of benzene rings is 1. The summed E-state index contributed by atoms with van der Waals surface area (Å²) in [5, 5.41) is 9.70. The molecule has 1 N–H and O–H groups in total. The van der Waals surface area contributed by atoms with E-state index in [1.165, 1.54) is 5.56 Å². The van der Waals surface area contributed by atoms with Crippen LogP contribution in [0.25, 0.3) is 0 Å². The quantitative estimate of drug-likeness (QED) is 0.867. The van der Waals surface area contributed by atoms with E-state index in [0.29, 0.717) is 6.61 Å². The highest BCUT2D eigenvalue weighted by atomic mass is 16.5. The van der Waals surface area contributed by atoms with Crippen molar-refractivity contribution in [3.05, 3.63) is 29.8 Å². The standard InChI is InChI=1S/C15H20O3/c1-2-18-13-5-3-4-12(8-13)15(10-17-11-15)14(9-16)6-7-14/h3-5,8,16H,2,6-7,9-11H2,1H3. The number of aliphatic hydroxyl groups excluding tert-OH is 1. The van der Waals surface area contributed by atoms with Crippen LogP contribution in [0.15, 0.2) is 24.3 Å². The lowest BCUT2D eigenvalue weighted by Gasteiger charge is -2.48. The number of rotatable bonds is 5. The summed E-state index contributed by atoms with van der Waals surface area (Å²) in [6, 6.07) is 8.27. The number of hydrogen-bond acceptors (Lipinski definition) is 3. The zero-order chi connectivity index (χ0) is 12.6. The summed E-state index contributed by atoms with van der Waals surface area (Å²) in [6.45, 7) is 4.38. The average molecular weight is 248 g/mol. The molecule has 1 heterocycles. The molecule has 0 atom stereocenters. The van der Waals surface area contributed by atoms with Crippen LogP contribution < -0.4 is 4.74 Å². The van der Waals surface area contributed by atoms with Crippen LogP contribution in [-0.2, 0) is 10.2 Å². The minimum atomic E-state index is 0.00879. The number of aliphatic hydroxyl groups is 1. The molecule has 0 spiro atoms. The minimum absolute atomic E-state index is 0.00879. The molecule has 3 rings (SSSR count). The van der Waals surface area contributed by atoms with Crippen molar-refractivity contribution in [1.29, 1.82) is 0 Å². The molecule has 0 aromatic heterocycles. The van der Waals surface area contributed by atoms with Gasteiger partial charge in [0.15, 0.2) is 0 Å². The molecule has 1 saturated carbocycles. The van der Waals surface area contributed by atoms with Crippen LogP contribution in [-0.4, -0.2) is 31.5 Å². The van der Waals surface area contributed by atoms with E-state index in [0.717, 1.165) is 31.8 Å². The van der Waals surface area contributed by atoms with E-state index < -0.39 is 0 Å². The van der Waals surface area contributed by atoms with Crippen molar-refractivity contribution < 1.29 is 14.6 Å². The van der Waals surface area contributed by atoms with Gasteiger partial charge in [0.05, 0.1) is 19.8 Å². The fraction of sp³-hybridized carbons (Fsp3) is 0.600. The zero-order valence-electron chi connectivity index (χ0n) is 10.8. The van der Waals surface area contributed by atoms with E-state index >= 15 is 0 Å². The SMILES string of the molecule is CCOc1cccc(C2(C3(CO)CC3)COC2)c1. The summed E-state index contributed by atoms with van der Waals surface area (Å²) >= 11 is 0. The Morgan fingerprint density at radius 1 is 1.33 bits per heavy atom. The monoisotopic (exact) mass is 248 g/mol. The highest BCUT2D eigenvalue weighted by Crippen LogP contribution is 2.62. The van der Waals surface area contributed by atoms with Crippen molar-refractivity contribution in [2.75, 3.05) is 26.4 Å². The second kappa shape index (κ2) is 4.25. The molecule has 3 heteroatoms. The minimum Gasteiger partial charge on any atom is -0.494 e. The maximum absolute atomic E-state index is 9.70.